The van der Waals surface area contributed by atoms with Crippen LogP contribution in [-0.4, -0.2) is 40.4 Å². The maximum Gasteiger partial charge on any atom is 0.0863 e. The summed E-state index contributed by atoms with van der Waals surface area (Å²) in [6, 6.07) is 0.565. The minimum Gasteiger partial charge on any atom is -0.312 e. The molecule has 1 aliphatic rings. The number of aryl methyl sites for hydroxylation is 2. The van der Waals surface area contributed by atoms with Crippen molar-refractivity contribution in [3.63, 3.8) is 0 Å². The highest BCUT2D eigenvalue weighted by atomic mass is 35.5. The van der Waals surface area contributed by atoms with Crippen LogP contribution < -0.4 is 5.32 Å². The Morgan fingerprint density at radius 1 is 1.45 bits per heavy atom. The Bertz CT molecular complexity index is 441. The first-order chi connectivity index (χ1) is 9.52. The van der Waals surface area contributed by atoms with Crippen molar-refractivity contribution in [3.05, 3.63) is 16.4 Å². The number of hydrogen-bond donors (Lipinski definition) is 1. The highest BCUT2D eigenvalue weighted by Gasteiger charge is 2.22. The SMILES string of the molecule is CCc1nn(C)c(CN2CCCNC(C(C)C)C2)c1Cl. The summed E-state index contributed by atoms with van der Waals surface area (Å²) in [7, 11) is 2.00. The Kier molecular flexibility index (Phi) is 5.47. The minimum atomic E-state index is 0.565. The fraction of sp³-hybridized carbons (Fsp3) is 0.800. The van der Waals surface area contributed by atoms with Crippen LogP contribution in [0.3, 0.4) is 0 Å². The lowest BCUT2D eigenvalue weighted by Gasteiger charge is -2.26. The van der Waals surface area contributed by atoms with Gasteiger partial charge in [0.25, 0.3) is 0 Å². The second-order valence-corrected chi connectivity index (χ2v) is 6.46. The maximum absolute atomic E-state index is 6.46. The molecule has 1 saturated heterocycles. The molecule has 1 fully saturated rings. The average molecular weight is 299 g/mol. The first-order valence-corrected chi connectivity index (χ1v) is 8.06. The molecule has 1 aliphatic heterocycles. The fourth-order valence-corrected chi connectivity index (χ4v) is 3.17. The smallest absolute Gasteiger partial charge is 0.0863 e. The Morgan fingerprint density at radius 3 is 2.80 bits per heavy atom. The lowest BCUT2D eigenvalue weighted by atomic mass is 10.0. The Hall–Kier alpha value is -0.580. The molecule has 114 valence electrons. The minimum absolute atomic E-state index is 0.565. The molecular formula is C15H27ClN4. The number of rotatable bonds is 4. The highest BCUT2D eigenvalue weighted by Crippen LogP contribution is 2.23. The summed E-state index contributed by atoms with van der Waals surface area (Å²) in [5.41, 5.74) is 2.16. The van der Waals surface area contributed by atoms with Crippen LogP contribution in [0.4, 0.5) is 0 Å². The molecule has 1 aromatic rings. The third kappa shape index (κ3) is 3.54. The van der Waals surface area contributed by atoms with E-state index in [0.29, 0.717) is 12.0 Å². The van der Waals surface area contributed by atoms with Gasteiger partial charge in [0.15, 0.2) is 0 Å². The van der Waals surface area contributed by atoms with Crippen LogP contribution in [0.15, 0.2) is 0 Å². The van der Waals surface area contributed by atoms with E-state index in [1.807, 2.05) is 11.7 Å². The van der Waals surface area contributed by atoms with Crippen molar-refractivity contribution in [1.29, 1.82) is 0 Å². The van der Waals surface area contributed by atoms with Crippen molar-refractivity contribution >= 4 is 11.6 Å². The number of aromatic nitrogens is 2. The second-order valence-electron chi connectivity index (χ2n) is 6.08. The summed E-state index contributed by atoms with van der Waals surface area (Å²) >= 11 is 6.46. The lowest BCUT2D eigenvalue weighted by molar-refractivity contribution is 0.233. The van der Waals surface area contributed by atoms with Crippen LogP contribution in [0, 0.1) is 5.92 Å². The molecule has 0 saturated carbocycles. The normalized spacial score (nSPS) is 21.4. The van der Waals surface area contributed by atoms with E-state index in [4.69, 9.17) is 11.6 Å². The quantitative estimate of drug-likeness (QED) is 0.927. The molecule has 0 bridgehead atoms. The van der Waals surface area contributed by atoms with Gasteiger partial charge in [-0.2, -0.15) is 5.10 Å². The van der Waals surface area contributed by atoms with Crippen molar-refractivity contribution in [2.24, 2.45) is 13.0 Å². The zero-order chi connectivity index (χ0) is 14.7. The van der Waals surface area contributed by atoms with Gasteiger partial charge in [0.1, 0.15) is 0 Å². The Balaban J connectivity index is 2.10. The fourth-order valence-electron chi connectivity index (χ4n) is 2.82. The molecular weight excluding hydrogens is 272 g/mol. The van der Waals surface area contributed by atoms with Crippen LogP contribution in [0.1, 0.15) is 38.6 Å². The molecule has 2 heterocycles. The van der Waals surface area contributed by atoms with Crippen molar-refractivity contribution in [1.82, 2.24) is 20.0 Å². The third-order valence-corrected chi connectivity index (χ3v) is 4.63. The first kappa shape index (κ1) is 15.8. The monoisotopic (exact) mass is 298 g/mol. The molecule has 0 amide bonds. The van der Waals surface area contributed by atoms with Gasteiger partial charge in [0, 0.05) is 26.2 Å². The number of nitrogens with one attached hydrogen (secondary N) is 1. The van der Waals surface area contributed by atoms with E-state index in [0.717, 1.165) is 49.0 Å². The van der Waals surface area contributed by atoms with Gasteiger partial charge >= 0.3 is 0 Å². The predicted molar refractivity (Wildman–Crippen MR) is 84.1 cm³/mol. The molecule has 0 spiro atoms. The van der Waals surface area contributed by atoms with Gasteiger partial charge in [-0.15, -0.1) is 0 Å². The van der Waals surface area contributed by atoms with Gasteiger partial charge in [-0.05, 0) is 31.8 Å². The van der Waals surface area contributed by atoms with Crippen molar-refractivity contribution < 1.29 is 0 Å². The molecule has 1 atom stereocenters. The molecule has 5 heteroatoms. The van der Waals surface area contributed by atoms with E-state index >= 15 is 0 Å². The molecule has 1 aromatic heterocycles. The molecule has 20 heavy (non-hydrogen) atoms. The van der Waals surface area contributed by atoms with Gasteiger partial charge < -0.3 is 5.32 Å². The molecule has 4 nitrogen and oxygen atoms in total. The van der Waals surface area contributed by atoms with Crippen molar-refractivity contribution in [2.75, 3.05) is 19.6 Å². The van der Waals surface area contributed by atoms with Crippen molar-refractivity contribution in [3.8, 4) is 0 Å². The summed E-state index contributed by atoms with van der Waals surface area (Å²) in [4.78, 5) is 2.51. The summed E-state index contributed by atoms with van der Waals surface area (Å²) < 4.78 is 1.95. The van der Waals surface area contributed by atoms with Gasteiger partial charge in [-0.25, -0.2) is 0 Å². The van der Waals surface area contributed by atoms with Gasteiger partial charge in [0.05, 0.1) is 16.4 Å². The summed E-state index contributed by atoms with van der Waals surface area (Å²) in [6.07, 6.45) is 2.09. The molecule has 0 aliphatic carbocycles. The maximum atomic E-state index is 6.46. The van der Waals surface area contributed by atoms with Crippen LogP contribution in [0.5, 0.6) is 0 Å². The summed E-state index contributed by atoms with van der Waals surface area (Å²) in [5, 5.41) is 9.01. The van der Waals surface area contributed by atoms with E-state index in [1.54, 1.807) is 0 Å². The lowest BCUT2D eigenvalue weighted by Crippen LogP contribution is -2.41. The number of hydrogen-bond acceptors (Lipinski definition) is 3. The number of nitrogens with zero attached hydrogens (tertiary/aromatic N) is 3. The van der Waals surface area contributed by atoms with E-state index in [2.05, 4.69) is 36.1 Å². The zero-order valence-corrected chi connectivity index (χ0v) is 13.9. The largest absolute Gasteiger partial charge is 0.312 e. The summed E-state index contributed by atoms with van der Waals surface area (Å²) in [5.74, 6) is 0.656. The highest BCUT2D eigenvalue weighted by molar-refractivity contribution is 6.31. The predicted octanol–water partition coefficient (Wildman–Crippen LogP) is 2.46. The van der Waals surface area contributed by atoms with Gasteiger partial charge in [-0.1, -0.05) is 32.4 Å². The van der Waals surface area contributed by atoms with E-state index in [1.165, 1.54) is 6.42 Å². The first-order valence-electron chi connectivity index (χ1n) is 7.68. The van der Waals surface area contributed by atoms with Gasteiger partial charge in [-0.3, -0.25) is 9.58 Å². The standard InChI is InChI=1S/C15H27ClN4/c1-5-12-15(16)14(19(4)18-12)10-20-8-6-7-17-13(9-20)11(2)3/h11,13,17H,5-10H2,1-4H3. The van der Waals surface area contributed by atoms with Crippen LogP contribution in [0.25, 0.3) is 0 Å². The van der Waals surface area contributed by atoms with E-state index < -0.39 is 0 Å². The van der Waals surface area contributed by atoms with Crippen molar-refractivity contribution in [2.45, 2.75) is 46.2 Å². The Labute approximate surface area is 127 Å². The molecule has 1 N–H and O–H groups in total. The second kappa shape index (κ2) is 6.92. The van der Waals surface area contributed by atoms with Crippen LogP contribution >= 0.6 is 11.6 Å². The van der Waals surface area contributed by atoms with E-state index in [-0.39, 0.29) is 0 Å². The van der Waals surface area contributed by atoms with Crippen LogP contribution in [0.2, 0.25) is 5.02 Å². The van der Waals surface area contributed by atoms with Crippen LogP contribution in [-0.2, 0) is 20.0 Å². The molecule has 0 aromatic carbocycles. The molecule has 2 rings (SSSR count). The molecule has 1 unspecified atom stereocenters. The molecule has 0 radical (unpaired) electrons. The third-order valence-electron chi connectivity index (χ3n) is 4.19. The zero-order valence-electron chi connectivity index (χ0n) is 13.1. The Morgan fingerprint density at radius 2 is 2.20 bits per heavy atom. The average Bonchev–Trinajstić information content (AvgIpc) is 2.61. The van der Waals surface area contributed by atoms with Gasteiger partial charge in [0.2, 0.25) is 0 Å². The number of halogens is 1. The van der Waals surface area contributed by atoms with E-state index in [9.17, 15) is 0 Å². The summed E-state index contributed by atoms with van der Waals surface area (Å²) in [6.45, 7) is 10.9. The topological polar surface area (TPSA) is 33.1 Å².